The first-order valence-corrected chi connectivity index (χ1v) is 4.95. The van der Waals surface area contributed by atoms with Crippen molar-refractivity contribution in [1.29, 1.82) is 0 Å². The fourth-order valence-electron chi connectivity index (χ4n) is 1.79. The van der Waals surface area contributed by atoms with E-state index in [1.807, 2.05) is 6.08 Å². The third-order valence-electron chi connectivity index (χ3n) is 2.89. The van der Waals surface area contributed by atoms with Crippen LogP contribution in [0.15, 0.2) is 11.6 Å². The molecule has 0 aromatic rings. The lowest BCUT2D eigenvalue weighted by Gasteiger charge is -2.33. The topological polar surface area (TPSA) is 49.3 Å². The van der Waals surface area contributed by atoms with Crippen molar-refractivity contribution in [3.8, 4) is 0 Å². The monoisotopic (exact) mass is 181 g/mol. The van der Waals surface area contributed by atoms with Gasteiger partial charge in [-0.15, -0.1) is 0 Å². The van der Waals surface area contributed by atoms with Gasteiger partial charge in [-0.3, -0.25) is 4.79 Å². The van der Waals surface area contributed by atoms with E-state index in [0.717, 1.165) is 37.7 Å². The Kier molecular flexibility index (Phi) is 2.36. The van der Waals surface area contributed by atoms with Crippen LogP contribution in [0, 0.1) is 0 Å². The molecular weight excluding hydrogens is 166 g/mol. The Bertz CT molecular complexity index is 247. The molecule has 0 saturated heterocycles. The van der Waals surface area contributed by atoms with Crippen molar-refractivity contribution in [2.75, 3.05) is 0 Å². The largest absolute Gasteiger partial charge is 0.391 e. The average Bonchev–Trinajstić information content (AvgIpc) is 2.64. The van der Waals surface area contributed by atoms with Crippen LogP contribution < -0.4 is 5.32 Å². The maximum Gasteiger partial charge on any atom is 0.247 e. The SMILES string of the molecule is O=C(N[C@@H]1CC[C@H]1O)C1=CCCC1. The molecule has 0 aromatic heterocycles. The van der Waals surface area contributed by atoms with Crippen LogP contribution in [0.1, 0.15) is 32.1 Å². The number of nitrogens with one attached hydrogen (secondary N) is 1. The molecule has 0 heterocycles. The Morgan fingerprint density at radius 3 is 2.85 bits per heavy atom. The third-order valence-corrected chi connectivity index (χ3v) is 2.89. The van der Waals surface area contributed by atoms with E-state index in [-0.39, 0.29) is 18.1 Å². The number of rotatable bonds is 2. The van der Waals surface area contributed by atoms with E-state index in [9.17, 15) is 9.90 Å². The Morgan fingerprint density at radius 1 is 1.54 bits per heavy atom. The number of aliphatic hydroxyl groups is 1. The minimum Gasteiger partial charge on any atom is -0.391 e. The van der Waals surface area contributed by atoms with Crippen molar-refractivity contribution in [2.45, 2.75) is 44.2 Å². The van der Waals surface area contributed by atoms with Gasteiger partial charge in [0, 0.05) is 5.57 Å². The van der Waals surface area contributed by atoms with Crippen molar-refractivity contribution in [1.82, 2.24) is 5.32 Å². The Morgan fingerprint density at radius 2 is 2.38 bits per heavy atom. The van der Waals surface area contributed by atoms with E-state index < -0.39 is 0 Å². The first-order chi connectivity index (χ1) is 6.27. The lowest BCUT2D eigenvalue weighted by Crippen LogP contribution is -2.50. The van der Waals surface area contributed by atoms with E-state index in [4.69, 9.17) is 0 Å². The molecule has 0 unspecified atom stereocenters. The van der Waals surface area contributed by atoms with E-state index in [1.54, 1.807) is 0 Å². The molecule has 2 rings (SSSR count). The van der Waals surface area contributed by atoms with E-state index in [2.05, 4.69) is 5.32 Å². The highest BCUT2D eigenvalue weighted by molar-refractivity contribution is 5.94. The molecule has 1 amide bonds. The highest BCUT2D eigenvalue weighted by Crippen LogP contribution is 2.22. The van der Waals surface area contributed by atoms with Crippen LogP contribution in [0.25, 0.3) is 0 Å². The fraction of sp³-hybridized carbons (Fsp3) is 0.700. The molecule has 13 heavy (non-hydrogen) atoms. The van der Waals surface area contributed by atoms with Crippen LogP contribution in [0.5, 0.6) is 0 Å². The lowest BCUT2D eigenvalue weighted by molar-refractivity contribution is -0.120. The van der Waals surface area contributed by atoms with Gasteiger partial charge in [0.25, 0.3) is 0 Å². The normalized spacial score (nSPS) is 32.2. The van der Waals surface area contributed by atoms with Crippen LogP contribution >= 0.6 is 0 Å². The van der Waals surface area contributed by atoms with Crippen LogP contribution in [0.3, 0.4) is 0 Å². The number of carbonyl (C=O) groups is 1. The lowest BCUT2D eigenvalue weighted by atomic mass is 9.89. The standard InChI is InChI=1S/C10H15NO2/c12-9-6-5-8(9)11-10(13)7-3-1-2-4-7/h3,8-9,12H,1-2,4-6H2,(H,11,13)/t8-,9-/m1/s1. The molecule has 2 aliphatic carbocycles. The van der Waals surface area contributed by atoms with E-state index in [0.29, 0.717) is 0 Å². The summed E-state index contributed by atoms with van der Waals surface area (Å²) >= 11 is 0. The summed E-state index contributed by atoms with van der Waals surface area (Å²) in [5, 5.41) is 12.1. The molecule has 1 saturated carbocycles. The summed E-state index contributed by atoms with van der Waals surface area (Å²) in [6.45, 7) is 0. The molecule has 3 heteroatoms. The van der Waals surface area contributed by atoms with Gasteiger partial charge in [-0.2, -0.15) is 0 Å². The second kappa shape index (κ2) is 3.50. The number of carbonyl (C=O) groups excluding carboxylic acids is 1. The van der Waals surface area contributed by atoms with Gasteiger partial charge in [-0.1, -0.05) is 6.08 Å². The summed E-state index contributed by atoms with van der Waals surface area (Å²) in [6.07, 6.45) is 6.44. The predicted octanol–water partition coefficient (Wildman–Crippen LogP) is 0.736. The molecule has 0 aliphatic heterocycles. The van der Waals surface area contributed by atoms with Gasteiger partial charge < -0.3 is 10.4 Å². The van der Waals surface area contributed by atoms with Crippen molar-refractivity contribution in [2.24, 2.45) is 0 Å². The molecule has 0 radical (unpaired) electrons. The smallest absolute Gasteiger partial charge is 0.247 e. The number of hydrogen-bond acceptors (Lipinski definition) is 2. The van der Waals surface area contributed by atoms with Crippen LogP contribution in [-0.4, -0.2) is 23.2 Å². The number of hydrogen-bond donors (Lipinski definition) is 2. The van der Waals surface area contributed by atoms with Gasteiger partial charge in [-0.05, 0) is 32.1 Å². The molecule has 0 bridgehead atoms. The molecule has 1 fully saturated rings. The van der Waals surface area contributed by atoms with Crippen LogP contribution in [-0.2, 0) is 4.79 Å². The third kappa shape index (κ3) is 1.75. The highest BCUT2D eigenvalue weighted by atomic mass is 16.3. The molecule has 2 aliphatic rings. The summed E-state index contributed by atoms with van der Waals surface area (Å²) in [5.74, 6) is 0.0289. The summed E-state index contributed by atoms with van der Waals surface area (Å²) in [5.41, 5.74) is 0.902. The first-order valence-electron chi connectivity index (χ1n) is 4.95. The summed E-state index contributed by atoms with van der Waals surface area (Å²) < 4.78 is 0. The zero-order valence-electron chi connectivity index (χ0n) is 7.62. The van der Waals surface area contributed by atoms with Crippen molar-refractivity contribution < 1.29 is 9.90 Å². The maximum absolute atomic E-state index is 11.5. The Labute approximate surface area is 77.8 Å². The van der Waals surface area contributed by atoms with Gasteiger partial charge in [-0.25, -0.2) is 0 Å². The molecular formula is C10H15NO2. The molecule has 2 N–H and O–H groups in total. The van der Waals surface area contributed by atoms with Crippen LogP contribution in [0.4, 0.5) is 0 Å². The van der Waals surface area contributed by atoms with Gasteiger partial charge in [0.1, 0.15) is 0 Å². The van der Waals surface area contributed by atoms with E-state index >= 15 is 0 Å². The molecule has 0 spiro atoms. The predicted molar refractivity (Wildman–Crippen MR) is 49.1 cm³/mol. The summed E-state index contributed by atoms with van der Waals surface area (Å²) in [4.78, 5) is 11.5. The summed E-state index contributed by atoms with van der Waals surface area (Å²) in [6, 6.07) is 0.00833. The van der Waals surface area contributed by atoms with Crippen molar-refractivity contribution in [3.05, 3.63) is 11.6 Å². The molecule has 0 aromatic carbocycles. The quantitative estimate of drug-likeness (QED) is 0.660. The minimum absolute atomic E-state index is 0.00833. The van der Waals surface area contributed by atoms with Gasteiger partial charge in [0.15, 0.2) is 0 Å². The fourth-order valence-corrected chi connectivity index (χ4v) is 1.79. The molecule has 72 valence electrons. The second-order valence-electron chi connectivity index (χ2n) is 3.85. The van der Waals surface area contributed by atoms with E-state index in [1.165, 1.54) is 0 Å². The first kappa shape index (κ1) is 8.75. The van der Waals surface area contributed by atoms with Crippen LogP contribution in [0.2, 0.25) is 0 Å². The number of allylic oxidation sites excluding steroid dienone is 1. The van der Waals surface area contributed by atoms with Crippen molar-refractivity contribution >= 4 is 5.91 Å². The molecule has 3 nitrogen and oxygen atoms in total. The molecule has 2 atom stereocenters. The van der Waals surface area contributed by atoms with Gasteiger partial charge >= 0.3 is 0 Å². The second-order valence-corrected chi connectivity index (χ2v) is 3.85. The van der Waals surface area contributed by atoms with Gasteiger partial charge in [0.2, 0.25) is 5.91 Å². The minimum atomic E-state index is -0.314. The van der Waals surface area contributed by atoms with Crippen molar-refractivity contribution in [3.63, 3.8) is 0 Å². The zero-order valence-corrected chi connectivity index (χ0v) is 7.62. The number of aliphatic hydroxyl groups excluding tert-OH is 1. The van der Waals surface area contributed by atoms with Gasteiger partial charge in [0.05, 0.1) is 12.1 Å². The summed E-state index contributed by atoms with van der Waals surface area (Å²) in [7, 11) is 0. The Hall–Kier alpha value is -0.830. The maximum atomic E-state index is 11.5. The number of amides is 1. The Balaban J connectivity index is 1.84. The zero-order chi connectivity index (χ0) is 9.26. The highest BCUT2D eigenvalue weighted by Gasteiger charge is 2.30. The average molecular weight is 181 g/mol.